The zero-order valence-electron chi connectivity index (χ0n) is 35.9. The summed E-state index contributed by atoms with van der Waals surface area (Å²) in [6.45, 7) is 7.30. The molecular formula is C47H60N6O8S. The van der Waals surface area contributed by atoms with E-state index in [0.717, 1.165) is 91.8 Å². The molecule has 8 rings (SSSR count). The van der Waals surface area contributed by atoms with E-state index in [2.05, 4.69) is 33.0 Å². The minimum Gasteiger partial charge on any atom is -0.472 e. The van der Waals surface area contributed by atoms with Gasteiger partial charge in [-0.05, 0) is 106 Å². The molecule has 4 heterocycles. The van der Waals surface area contributed by atoms with E-state index in [1.807, 2.05) is 37.3 Å². The van der Waals surface area contributed by atoms with Gasteiger partial charge >= 0.3 is 6.09 Å². The third-order valence-corrected chi connectivity index (χ3v) is 16.1. The normalized spacial score (nSPS) is 26.5. The summed E-state index contributed by atoms with van der Waals surface area (Å²) < 4.78 is 40.5. The number of ether oxygens (including phenoxy) is 2. The van der Waals surface area contributed by atoms with Gasteiger partial charge in [-0.1, -0.05) is 63.3 Å². The van der Waals surface area contributed by atoms with Crippen molar-refractivity contribution in [1.29, 1.82) is 0 Å². The van der Waals surface area contributed by atoms with Gasteiger partial charge in [0.1, 0.15) is 30.3 Å². The lowest BCUT2D eigenvalue weighted by Crippen LogP contribution is -2.59. The summed E-state index contributed by atoms with van der Waals surface area (Å²) in [4.78, 5) is 68.1. The number of hydrogen-bond acceptors (Lipinski definition) is 10. The Bertz CT molecular complexity index is 2280. The van der Waals surface area contributed by atoms with Gasteiger partial charge in [-0.3, -0.25) is 24.1 Å². The van der Waals surface area contributed by atoms with Crippen LogP contribution < -0.4 is 20.1 Å². The quantitative estimate of drug-likeness (QED) is 0.190. The predicted octanol–water partition coefficient (Wildman–Crippen LogP) is 6.52. The lowest BCUT2D eigenvalue weighted by atomic mass is 9.83. The average Bonchev–Trinajstić information content (AvgIpc) is 4.17. The van der Waals surface area contributed by atoms with Crippen LogP contribution in [0.25, 0.3) is 22.0 Å². The molecule has 1 saturated heterocycles. The summed E-state index contributed by atoms with van der Waals surface area (Å²) in [5.41, 5.74) is 3.64. The minimum atomic E-state index is -4.02. The van der Waals surface area contributed by atoms with Gasteiger partial charge in [-0.2, -0.15) is 0 Å². The summed E-state index contributed by atoms with van der Waals surface area (Å²) in [7, 11) is -4.02. The van der Waals surface area contributed by atoms with Gasteiger partial charge in [0, 0.05) is 35.7 Å². The lowest BCUT2D eigenvalue weighted by Gasteiger charge is -2.35. The number of carbonyl (C=O) groups excluding carboxylic acids is 4. The summed E-state index contributed by atoms with van der Waals surface area (Å²) in [5.74, 6) is -2.04. The Labute approximate surface area is 364 Å². The number of hydrogen-bond donors (Lipinski definition) is 3. The van der Waals surface area contributed by atoms with Crippen LogP contribution >= 0.6 is 0 Å². The van der Waals surface area contributed by atoms with Crippen LogP contribution in [0, 0.1) is 17.8 Å². The Morgan fingerprint density at radius 3 is 2.40 bits per heavy atom. The van der Waals surface area contributed by atoms with E-state index in [4.69, 9.17) is 14.5 Å². The zero-order valence-corrected chi connectivity index (χ0v) is 36.7. The molecule has 4 fully saturated rings. The maximum Gasteiger partial charge on any atom is 0.408 e. The molecule has 332 valence electrons. The highest BCUT2D eigenvalue weighted by molar-refractivity contribution is 7.91. The van der Waals surface area contributed by atoms with Crippen molar-refractivity contribution in [2.24, 2.45) is 17.8 Å². The Morgan fingerprint density at radius 2 is 1.69 bits per heavy atom. The molecule has 15 heteroatoms. The molecule has 3 aliphatic carbocycles. The highest BCUT2D eigenvalue weighted by Crippen LogP contribution is 2.43. The first-order valence-electron chi connectivity index (χ1n) is 22.6. The Hall–Kier alpha value is -5.05. The van der Waals surface area contributed by atoms with E-state index in [1.165, 1.54) is 11.0 Å². The molecule has 4 amide bonds. The summed E-state index contributed by atoms with van der Waals surface area (Å²) in [6.07, 6.45) is 14.2. The molecule has 3 N–H and O–H groups in total. The van der Waals surface area contributed by atoms with Gasteiger partial charge in [0.2, 0.25) is 27.7 Å². The van der Waals surface area contributed by atoms with E-state index in [-0.39, 0.29) is 30.9 Å². The highest BCUT2D eigenvalue weighted by Gasteiger charge is 2.52. The fourth-order valence-electron chi connectivity index (χ4n) is 9.74. The number of carbonyl (C=O) groups is 4. The third kappa shape index (κ3) is 9.33. The van der Waals surface area contributed by atoms with Crippen LogP contribution in [0.3, 0.4) is 0 Å². The van der Waals surface area contributed by atoms with Gasteiger partial charge in [0.25, 0.3) is 5.91 Å². The van der Waals surface area contributed by atoms with Crippen LogP contribution in [0.15, 0.2) is 61.4 Å². The van der Waals surface area contributed by atoms with E-state index < -0.39 is 68.7 Å². The number of fused-ring (bicyclic) bond motifs is 5. The summed E-state index contributed by atoms with van der Waals surface area (Å²) in [5, 5.41) is 6.78. The number of rotatable bonds is 10. The molecule has 0 radical (unpaired) electrons. The van der Waals surface area contributed by atoms with Crippen LogP contribution in [-0.2, 0) is 35.6 Å². The number of pyridine rings is 2. The number of nitrogens with one attached hydrogen (secondary N) is 3. The SMILES string of the molecule is C=C[C@H](CC)C(NC(=O)[C@@H]1C[C@@H]2CN1C(=O)[C@H](C1CCCCC1)NC(=O)O[C@@H]1C[C@H]1CCCCCc1c(nc3ccccc3c1-c1ccncc1)O2)C(=O)NS(=O)(=O)C1(C)CC1. The fourth-order valence-corrected chi connectivity index (χ4v) is 11.0. The third-order valence-electron chi connectivity index (χ3n) is 13.9. The van der Waals surface area contributed by atoms with Crippen molar-refractivity contribution in [2.45, 2.75) is 145 Å². The largest absolute Gasteiger partial charge is 0.472 e. The second-order valence-electron chi connectivity index (χ2n) is 18.3. The van der Waals surface area contributed by atoms with Crippen LogP contribution in [0.5, 0.6) is 5.88 Å². The van der Waals surface area contributed by atoms with Gasteiger partial charge in [0.15, 0.2) is 0 Å². The molecule has 1 unspecified atom stereocenters. The van der Waals surface area contributed by atoms with Gasteiger partial charge < -0.3 is 25.0 Å². The molecule has 3 aromatic rings. The molecule has 2 bridgehead atoms. The Balaban J connectivity index is 1.17. The number of para-hydroxylation sites is 1. The van der Waals surface area contributed by atoms with E-state index in [0.29, 0.717) is 31.6 Å². The molecule has 62 heavy (non-hydrogen) atoms. The van der Waals surface area contributed by atoms with Crippen LogP contribution in [0.2, 0.25) is 0 Å². The predicted molar refractivity (Wildman–Crippen MR) is 234 cm³/mol. The maximum atomic E-state index is 15.1. The number of alkyl carbamates (subject to hydrolysis) is 1. The van der Waals surface area contributed by atoms with Crippen molar-refractivity contribution in [3.05, 3.63) is 67.0 Å². The summed E-state index contributed by atoms with van der Waals surface area (Å²) >= 11 is 0. The molecule has 1 aromatic carbocycles. The van der Waals surface area contributed by atoms with Crippen molar-refractivity contribution in [2.75, 3.05) is 6.54 Å². The van der Waals surface area contributed by atoms with Crippen LogP contribution in [0.4, 0.5) is 4.79 Å². The second-order valence-corrected chi connectivity index (χ2v) is 20.5. The topological polar surface area (TPSA) is 186 Å². The van der Waals surface area contributed by atoms with Gasteiger partial charge in [-0.15, -0.1) is 6.58 Å². The first-order chi connectivity index (χ1) is 29.9. The number of aromatic nitrogens is 2. The number of nitrogens with zero attached hydrogens (tertiary/aromatic N) is 3. The molecule has 2 aromatic heterocycles. The van der Waals surface area contributed by atoms with E-state index in [9.17, 15) is 22.8 Å². The molecule has 3 saturated carbocycles. The first-order valence-corrected chi connectivity index (χ1v) is 24.1. The average molecular weight is 869 g/mol. The van der Waals surface area contributed by atoms with Crippen LogP contribution in [-0.4, -0.2) is 88.7 Å². The Kier molecular flexibility index (Phi) is 12.9. The van der Waals surface area contributed by atoms with Crippen molar-refractivity contribution in [3.8, 4) is 17.0 Å². The molecule has 5 aliphatic rings. The number of benzene rings is 1. The first kappa shape index (κ1) is 43.6. The monoisotopic (exact) mass is 868 g/mol. The smallest absolute Gasteiger partial charge is 0.408 e. The molecule has 0 spiro atoms. The van der Waals surface area contributed by atoms with E-state index >= 15 is 4.79 Å². The van der Waals surface area contributed by atoms with Crippen molar-refractivity contribution >= 4 is 44.7 Å². The minimum absolute atomic E-state index is 0.00235. The van der Waals surface area contributed by atoms with Crippen molar-refractivity contribution < 1.29 is 37.1 Å². The van der Waals surface area contributed by atoms with Crippen molar-refractivity contribution in [3.63, 3.8) is 0 Å². The number of sulfonamides is 1. The van der Waals surface area contributed by atoms with Gasteiger partial charge in [0.05, 0.1) is 16.8 Å². The van der Waals surface area contributed by atoms with Crippen LogP contribution in [0.1, 0.15) is 109 Å². The number of amides is 4. The maximum absolute atomic E-state index is 15.1. The standard InChI is InChI=1S/C47H60N6O8S/c1-4-29(5-2)40(43(55)52-62(58,59)47(3)22-23-47)50-42(54)37-27-33-28-53(37)45(56)41(31-14-8-6-9-15-31)51-46(57)61-38-26-32(38)16-10-7-11-18-35-39(30-20-24-48-25-21-30)34-17-12-13-19-36(34)49-44(35)60-33/h4,12-13,17,19-21,24-25,29,31-33,37-38,40-41H,1,5-11,14-16,18,22-23,26-28H2,2-3H3,(H,50,54)(H,51,57)(H,52,55)/t29-,32-,33-,37+,38-,40?,41+/m1/s1. The molecule has 7 atom stereocenters. The summed E-state index contributed by atoms with van der Waals surface area (Å²) in [6, 6.07) is 8.50. The second kappa shape index (κ2) is 18.4. The van der Waals surface area contributed by atoms with Gasteiger partial charge in [-0.25, -0.2) is 18.2 Å². The lowest BCUT2D eigenvalue weighted by molar-refractivity contribution is -0.142. The van der Waals surface area contributed by atoms with E-state index in [1.54, 1.807) is 19.3 Å². The van der Waals surface area contributed by atoms with Crippen molar-refractivity contribution in [1.82, 2.24) is 30.2 Å². The molecule has 14 nitrogen and oxygen atoms in total. The Morgan fingerprint density at radius 1 is 0.984 bits per heavy atom. The highest BCUT2D eigenvalue weighted by atomic mass is 32.2. The fraction of sp³-hybridized carbons (Fsp3) is 0.574. The molecule has 2 aliphatic heterocycles. The zero-order chi connectivity index (χ0) is 43.6. The molecular weight excluding hydrogens is 809 g/mol.